The van der Waals surface area contributed by atoms with Crippen LogP contribution in [0.4, 0.5) is 5.69 Å². The van der Waals surface area contributed by atoms with Crippen molar-refractivity contribution in [3.05, 3.63) is 18.2 Å². The number of thioether (sulfide) groups is 1. The van der Waals surface area contributed by atoms with E-state index < -0.39 is 10.0 Å². The first-order valence-electron chi connectivity index (χ1n) is 5.47. The third-order valence-electron chi connectivity index (χ3n) is 2.36. The van der Waals surface area contributed by atoms with Crippen LogP contribution in [0.5, 0.6) is 0 Å². The molecule has 0 amide bonds. The molecule has 102 valence electrons. The highest BCUT2D eigenvalue weighted by atomic mass is 32.2. The number of sulfonamides is 1. The van der Waals surface area contributed by atoms with Gasteiger partial charge in [0.05, 0.1) is 4.90 Å². The lowest BCUT2D eigenvalue weighted by Gasteiger charge is -2.12. The van der Waals surface area contributed by atoms with Gasteiger partial charge in [0, 0.05) is 22.9 Å². The summed E-state index contributed by atoms with van der Waals surface area (Å²) < 4.78 is 26.0. The highest BCUT2D eigenvalue weighted by Crippen LogP contribution is 2.29. The van der Waals surface area contributed by atoms with Crippen LogP contribution in [0.2, 0.25) is 0 Å². The van der Waals surface area contributed by atoms with Crippen LogP contribution in [0.15, 0.2) is 28.0 Å². The molecule has 0 spiro atoms. The second-order valence-corrected chi connectivity index (χ2v) is 6.93. The van der Waals surface area contributed by atoms with E-state index in [1.165, 1.54) is 24.9 Å². The number of benzene rings is 1. The van der Waals surface area contributed by atoms with Crippen molar-refractivity contribution in [1.29, 1.82) is 0 Å². The van der Waals surface area contributed by atoms with Gasteiger partial charge in [-0.05, 0) is 31.2 Å². The van der Waals surface area contributed by atoms with Gasteiger partial charge < -0.3 is 10.8 Å². The largest absolute Gasteiger partial charge is 0.399 e. The van der Waals surface area contributed by atoms with Gasteiger partial charge in [-0.2, -0.15) is 0 Å². The number of hydrogen-bond acceptors (Lipinski definition) is 5. The molecule has 1 aromatic rings. The van der Waals surface area contributed by atoms with Crippen LogP contribution < -0.4 is 10.5 Å². The molecule has 0 saturated heterocycles. The molecular weight excluding hydrogens is 272 g/mol. The van der Waals surface area contributed by atoms with Gasteiger partial charge in [0.1, 0.15) is 0 Å². The fraction of sp³-hybridized carbons (Fsp3) is 0.455. The monoisotopic (exact) mass is 290 g/mol. The van der Waals surface area contributed by atoms with Crippen molar-refractivity contribution in [1.82, 2.24) is 4.72 Å². The zero-order valence-electron chi connectivity index (χ0n) is 10.4. The lowest BCUT2D eigenvalue weighted by molar-refractivity contribution is 0.250. The van der Waals surface area contributed by atoms with E-state index >= 15 is 0 Å². The van der Waals surface area contributed by atoms with Crippen LogP contribution in [0.25, 0.3) is 0 Å². The summed E-state index contributed by atoms with van der Waals surface area (Å²) in [6.07, 6.45) is 0. The van der Waals surface area contributed by atoms with Gasteiger partial charge in [0.2, 0.25) is 10.0 Å². The maximum atomic E-state index is 11.9. The quantitative estimate of drug-likeness (QED) is 0.535. The number of anilines is 1. The number of rotatable bonds is 6. The zero-order valence-corrected chi connectivity index (χ0v) is 12.0. The van der Waals surface area contributed by atoms with Crippen molar-refractivity contribution < 1.29 is 13.5 Å². The van der Waals surface area contributed by atoms with Gasteiger partial charge in [-0.25, -0.2) is 13.1 Å². The molecular formula is C11H18N2O3S2. The summed E-state index contributed by atoms with van der Waals surface area (Å²) >= 11 is 1.40. The molecule has 1 unspecified atom stereocenters. The summed E-state index contributed by atoms with van der Waals surface area (Å²) in [5.41, 5.74) is 6.03. The van der Waals surface area contributed by atoms with E-state index in [4.69, 9.17) is 10.8 Å². The number of aliphatic hydroxyl groups excluding tert-OH is 1. The van der Waals surface area contributed by atoms with Crippen molar-refractivity contribution in [3.8, 4) is 0 Å². The van der Waals surface area contributed by atoms with E-state index in [1.54, 1.807) is 12.1 Å². The van der Waals surface area contributed by atoms with Gasteiger partial charge >= 0.3 is 0 Å². The summed E-state index contributed by atoms with van der Waals surface area (Å²) in [6.45, 7) is 1.98. The smallest absolute Gasteiger partial charge is 0.241 e. The molecule has 7 heteroatoms. The van der Waals surface area contributed by atoms with E-state index in [2.05, 4.69) is 4.72 Å². The van der Waals surface area contributed by atoms with E-state index in [0.29, 0.717) is 16.3 Å². The normalized spacial score (nSPS) is 13.5. The van der Waals surface area contributed by atoms with Crippen LogP contribution in [0, 0.1) is 5.92 Å². The Morgan fingerprint density at radius 3 is 2.72 bits per heavy atom. The van der Waals surface area contributed by atoms with Crippen molar-refractivity contribution in [2.75, 3.05) is 25.1 Å². The molecule has 5 nitrogen and oxygen atoms in total. The first-order valence-corrected chi connectivity index (χ1v) is 7.94. The third-order valence-corrected chi connectivity index (χ3v) is 5.35. The molecule has 0 aliphatic heterocycles. The van der Waals surface area contributed by atoms with Crippen molar-refractivity contribution >= 4 is 27.5 Å². The Labute approximate surface area is 112 Å². The van der Waals surface area contributed by atoms with Crippen molar-refractivity contribution in [2.24, 2.45) is 5.92 Å². The fourth-order valence-corrected chi connectivity index (χ4v) is 3.53. The predicted octanol–water partition coefficient (Wildman–Crippen LogP) is 0.897. The Balaban J connectivity index is 3.05. The predicted molar refractivity (Wildman–Crippen MR) is 74.1 cm³/mol. The summed E-state index contributed by atoms with van der Waals surface area (Å²) in [7, 11) is -2.15. The van der Waals surface area contributed by atoms with Gasteiger partial charge in [0.25, 0.3) is 0 Å². The van der Waals surface area contributed by atoms with Crippen LogP contribution in [-0.4, -0.2) is 32.9 Å². The molecule has 4 N–H and O–H groups in total. The molecule has 18 heavy (non-hydrogen) atoms. The van der Waals surface area contributed by atoms with Gasteiger partial charge in [-0.3, -0.25) is 0 Å². The van der Waals surface area contributed by atoms with Crippen molar-refractivity contribution in [2.45, 2.75) is 16.7 Å². The van der Waals surface area contributed by atoms with Crippen LogP contribution >= 0.6 is 11.8 Å². The number of nitrogens with two attached hydrogens (primary N) is 1. The molecule has 0 radical (unpaired) electrons. The van der Waals surface area contributed by atoms with Crippen LogP contribution in [0.3, 0.4) is 0 Å². The molecule has 0 heterocycles. The minimum atomic E-state index is -3.52. The molecule has 0 aliphatic rings. The third kappa shape index (κ3) is 3.88. The number of nitrogen functional groups attached to an aromatic ring is 1. The summed E-state index contributed by atoms with van der Waals surface area (Å²) in [5.74, 6) is 0.754. The van der Waals surface area contributed by atoms with E-state index in [1.807, 2.05) is 6.92 Å². The fourth-order valence-electron chi connectivity index (χ4n) is 1.25. The topological polar surface area (TPSA) is 92.4 Å². The van der Waals surface area contributed by atoms with E-state index in [0.717, 1.165) is 0 Å². The first kappa shape index (κ1) is 15.3. The second kappa shape index (κ2) is 6.42. The van der Waals surface area contributed by atoms with Crippen LogP contribution in [-0.2, 0) is 10.0 Å². The average Bonchev–Trinajstić information content (AvgIpc) is 2.36. The lowest BCUT2D eigenvalue weighted by Crippen LogP contribution is -2.19. The van der Waals surface area contributed by atoms with Gasteiger partial charge in [-0.15, -0.1) is 11.8 Å². The molecule has 1 atom stereocenters. The second-order valence-electron chi connectivity index (χ2n) is 4.01. The van der Waals surface area contributed by atoms with Gasteiger partial charge in [0.15, 0.2) is 0 Å². The Kier molecular flexibility index (Phi) is 5.46. The lowest BCUT2D eigenvalue weighted by atomic mass is 10.2. The maximum absolute atomic E-state index is 11.9. The van der Waals surface area contributed by atoms with Gasteiger partial charge in [-0.1, -0.05) is 6.92 Å². The Hall–Kier alpha value is -0.760. The minimum Gasteiger partial charge on any atom is -0.399 e. The highest BCUT2D eigenvalue weighted by Gasteiger charge is 2.17. The molecule has 0 bridgehead atoms. The average molecular weight is 290 g/mol. The minimum absolute atomic E-state index is 0.0794. The Morgan fingerprint density at radius 1 is 1.50 bits per heavy atom. The molecule has 0 fully saturated rings. The first-order chi connectivity index (χ1) is 8.40. The number of hydrogen-bond donors (Lipinski definition) is 3. The molecule has 1 rings (SSSR count). The molecule has 0 aliphatic carbocycles. The maximum Gasteiger partial charge on any atom is 0.241 e. The summed E-state index contributed by atoms with van der Waals surface area (Å²) in [6, 6.07) is 4.80. The molecule has 0 saturated carbocycles. The number of nitrogens with one attached hydrogen (secondary N) is 1. The summed E-state index contributed by atoms with van der Waals surface area (Å²) in [4.78, 5) is 0.819. The molecule has 0 aromatic heterocycles. The van der Waals surface area contributed by atoms with Crippen LogP contribution in [0.1, 0.15) is 6.92 Å². The van der Waals surface area contributed by atoms with E-state index in [9.17, 15) is 8.42 Å². The number of aliphatic hydroxyl groups is 1. The van der Waals surface area contributed by atoms with E-state index in [-0.39, 0.29) is 17.4 Å². The highest BCUT2D eigenvalue weighted by molar-refractivity contribution is 8.00. The summed E-state index contributed by atoms with van der Waals surface area (Å²) in [5, 5.41) is 8.97. The Morgan fingerprint density at radius 2 is 2.17 bits per heavy atom. The van der Waals surface area contributed by atoms with Crippen molar-refractivity contribution in [3.63, 3.8) is 0 Å². The SMILES string of the molecule is CNS(=O)(=O)c1cc(N)ccc1SCC(C)CO. The zero-order chi connectivity index (χ0) is 13.8. The Bertz CT molecular complexity index is 503. The standard InChI is InChI=1S/C11H18N2O3S2/c1-8(6-14)7-17-10-4-3-9(12)5-11(10)18(15,16)13-2/h3-5,8,13-14H,6-7,12H2,1-2H3. The molecule has 1 aromatic carbocycles.